The summed E-state index contributed by atoms with van der Waals surface area (Å²) in [6.45, 7) is 0. The third-order valence-corrected chi connectivity index (χ3v) is 0. The molecule has 0 saturated carbocycles. The predicted octanol–water partition coefficient (Wildman–Crippen LogP) is -13.9. The van der Waals surface area contributed by atoms with E-state index >= 15 is 0 Å². The van der Waals surface area contributed by atoms with Crippen molar-refractivity contribution in [1.29, 1.82) is 0 Å². The van der Waals surface area contributed by atoms with Crippen LogP contribution in [-0.2, 0) is 0 Å². The Morgan fingerprint density at radius 1 is 0.364 bits per heavy atom. The van der Waals surface area contributed by atoms with Gasteiger partial charge in [-0.25, -0.2) is 0 Å². The first kappa shape index (κ1) is 117. The first-order valence-electron chi connectivity index (χ1n) is 1.84. The van der Waals surface area contributed by atoms with E-state index in [-0.39, 0.29) is 127 Å². The first-order valence-corrected chi connectivity index (χ1v) is 1.84. The van der Waals surface area contributed by atoms with E-state index in [9.17, 15) is 0 Å². The number of carboxylic acid groups (broad SMARTS) is 6. The molecule has 16 N–H and O–H groups in total. The predicted molar refractivity (Wildman–Crippen MR) is 45.1 cm³/mol. The molecule has 0 saturated heterocycles. The topological polar surface area (TPSA) is 442 Å². The van der Waals surface area contributed by atoms with E-state index in [1.807, 2.05) is 0 Å². The molecular weight excluding hydrogens is 588 g/mol. The molecule has 0 amide bonds. The summed E-state index contributed by atoms with van der Waals surface area (Å²) in [4.78, 5) is 25.0. The Morgan fingerprint density at radius 2 is 0.364 bits per heavy atom. The molecule has 17 nitrogen and oxygen atoms in total. The average Bonchev–Trinajstić information content (AvgIpc) is 1.54. The third-order valence-electron chi connectivity index (χ3n) is 0. The maximum absolute atomic E-state index is 8.33. The molecule has 138 valence electrons. The molecule has 0 aliphatic rings. The van der Waals surface area contributed by atoms with Crippen molar-refractivity contribution in [1.82, 2.24) is 0 Å². The van der Waals surface area contributed by atoms with Crippen molar-refractivity contribution in [2.45, 2.75) is 0 Å². The van der Waals surface area contributed by atoms with Crippen LogP contribution >= 0.6 is 0 Å². The van der Waals surface area contributed by atoms with Crippen LogP contribution < -0.4 is 30.6 Å². The van der Waals surface area contributed by atoms with Gasteiger partial charge in [-0.2, -0.15) is 0 Å². The Balaban J connectivity index is -0.00000000409. The third kappa shape index (κ3) is 127000. The summed E-state index contributed by atoms with van der Waals surface area (Å²) >= 11 is 0. The fourth-order valence-electron chi connectivity index (χ4n) is 0. The minimum atomic E-state index is -2.33. The van der Waals surface area contributed by atoms with Gasteiger partial charge in [0, 0.05) is 0 Å². The normalized spacial score (nSPS) is 3.27. The van der Waals surface area contributed by atoms with Crippen molar-refractivity contribution in [3.05, 3.63) is 0 Å². The Kier molecular flexibility index (Phi) is 544. The van der Waals surface area contributed by atoms with Crippen LogP contribution in [0.3, 0.4) is 0 Å². The van der Waals surface area contributed by atoms with Crippen molar-refractivity contribution >= 4 is 18.5 Å². The summed E-state index contributed by atoms with van der Waals surface area (Å²) in [6, 6.07) is 0. The summed E-state index contributed by atoms with van der Waals surface area (Å²) in [5.74, 6) is 0. The number of carbonyl (C=O) groups is 3. The smallest absolute Gasteiger partial charge is 0.652 e. The molecule has 2 radical (unpaired) electrons. The van der Waals surface area contributed by atoms with E-state index in [4.69, 9.17) is 45.0 Å². The molecule has 0 aromatic heterocycles. The van der Waals surface area contributed by atoms with Gasteiger partial charge in [0.15, 0.2) is 0 Å². The van der Waals surface area contributed by atoms with Crippen molar-refractivity contribution in [3.8, 4) is 0 Å². The van der Waals surface area contributed by atoms with E-state index in [0.29, 0.717) is 0 Å². The first-order chi connectivity index (χ1) is 5.20. The van der Waals surface area contributed by atoms with Gasteiger partial charge in [0.05, 0.1) is 0 Å². The maximum atomic E-state index is 8.33. The Hall–Kier alpha value is 0.243. The quantitative estimate of drug-likeness (QED) is 0.253. The van der Waals surface area contributed by atoms with Crippen LogP contribution in [0.15, 0.2) is 0 Å². The van der Waals surface area contributed by atoms with Crippen molar-refractivity contribution in [3.63, 3.8) is 0 Å². The zero-order valence-electron chi connectivity index (χ0n) is 10.2. The summed E-state index contributed by atoms with van der Waals surface area (Å²) < 4.78 is 0. The second kappa shape index (κ2) is 102. The summed E-state index contributed by atoms with van der Waals surface area (Å²) in [5, 5.41) is 50.0. The van der Waals surface area contributed by atoms with Crippen LogP contribution in [0.2, 0.25) is 0 Å². The molecular formula is C3H16Ce2O17. The molecule has 0 spiro atoms. The molecule has 0 aliphatic heterocycles. The van der Waals surface area contributed by atoms with Crippen LogP contribution in [0.4, 0.5) is 14.4 Å². The average molecular weight is 604 g/mol. The van der Waals surface area contributed by atoms with Gasteiger partial charge >= 0.3 is 83.5 Å². The number of hydrogen-bond acceptors (Lipinski definition) is 9. The standard InChI is InChI=1S/3CH2O3.2Ce.8H2O/c3*2-1(3)4;;;;;;;;;;/h3*(H2,2,3,4);;;8*1H2/q;;;2*+3;;;;;;;;/p-6. The van der Waals surface area contributed by atoms with Gasteiger partial charge in [-0.3, -0.25) is 0 Å². The zero-order chi connectivity index (χ0) is 10.7. The molecule has 0 aromatic rings. The van der Waals surface area contributed by atoms with E-state index in [1.165, 1.54) is 0 Å². The number of rotatable bonds is 0. The second-order valence-electron chi connectivity index (χ2n) is 0.750. The minimum absolute atomic E-state index is 0. The molecule has 0 fully saturated rings. The van der Waals surface area contributed by atoms with Crippen LogP contribution in [0.5, 0.6) is 0 Å². The summed E-state index contributed by atoms with van der Waals surface area (Å²) in [7, 11) is 0. The largest absolute Gasteiger partial charge is 3.00 e. The Bertz CT molecular complexity index is 119. The fourth-order valence-corrected chi connectivity index (χ4v) is 0. The van der Waals surface area contributed by atoms with E-state index in [1.54, 1.807) is 0 Å². The van der Waals surface area contributed by atoms with Gasteiger partial charge < -0.3 is 88.8 Å². The van der Waals surface area contributed by atoms with Crippen LogP contribution in [0.1, 0.15) is 0 Å². The molecule has 0 bridgehead atoms. The monoisotopic (exact) mass is 604 g/mol. The Morgan fingerprint density at radius 3 is 0.364 bits per heavy atom. The second-order valence-corrected chi connectivity index (χ2v) is 0.750. The molecule has 0 aromatic carbocycles. The van der Waals surface area contributed by atoms with Gasteiger partial charge in [-0.05, 0) is 18.5 Å². The van der Waals surface area contributed by atoms with Gasteiger partial charge in [0.2, 0.25) is 0 Å². The van der Waals surface area contributed by atoms with Crippen LogP contribution in [-0.4, -0.2) is 62.3 Å². The molecule has 0 unspecified atom stereocenters. The van der Waals surface area contributed by atoms with Gasteiger partial charge in [-0.1, -0.05) is 0 Å². The molecule has 0 aliphatic carbocycles. The Labute approximate surface area is 188 Å². The fraction of sp³-hybridized carbons (Fsp3) is 0. The van der Waals surface area contributed by atoms with Crippen molar-refractivity contribution in [2.24, 2.45) is 0 Å². The minimum Gasteiger partial charge on any atom is -0.652 e. The van der Waals surface area contributed by atoms with Gasteiger partial charge in [0.25, 0.3) is 0 Å². The molecule has 0 atom stereocenters. The molecule has 0 rings (SSSR count). The van der Waals surface area contributed by atoms with E-state index in [0.717, 1.165) is 0 Å². The molecule has 0 heterocycles. The van der Waals surface area contributed by atoms with Crippen molar-refractivity contribution in [2.75, 3.05) is 0 Å². The van der Waals surface area contributed by atoms with E-state index in [2.05, 4.69) is 0 Å². The molecule has 22 heavy (non-hydrogen) atoms. The number of carbonyl (C=O) groups excluding carboxylic acids is 3. The summed E-state index contributed by atoms with van der Waals surface area (Å²) in [6.07, 6.45) is -7.00. The SMILES string of the molecule is O.O.O.O.O.O.O.O.O=C([O-])[O-].O=C([O-])[O-].O=C([O-])[O-].[Ce+3].[Ce+3]. The van der Waals surface area contributed by atoms with E-state index < -0.39 is 18.5 Å². The van der Waals surface area contributed by atoms with Gasteiger partial charge in [0.1, 0.15) is 0 Å². The maximum Gasteiger partial charge on any atom is 3.00 e. The van der Waals surface area contributed by atoms with Crippen LogP contribution in [0, 0.1) is 83.5 Å². The van der Waals surface area contributed by atoms with Crippen molar-refractivity contribution < 1.29 is 172 Å². The van der Waals surface area contributed by atoms with Gasteiger partial charge in [-0.15, -0.1) is 0 Å². The molecule has 19 heteroatoms. The number of hydrogen-bond donors (Lipinski definition) is 0. The zero-order valence-corrected chi connectivity index (χ0v) is 16.5. The summed E-state index contributed by atoms with van der Waals surface area (Å²) in [5.41, 5.74) is 0. The van der Waals surface area contributed by atoms with Crippen LogP contribution in [0.25, 0.3) is 0 Å².